The van der Waals surface area contributed by atoms with Gasteiger partial charge in [-0.15, -0.1) is 0 Å². The molecule has 0 heterocycles. The van der Waals surface area contributed by atoms with E-state index in [9.17, 15) is 14.9 Å². The summed E-state index contributed by atoms with van der Waals surface area (Å²) in [4.78, 5) is 22.1. The molecule has 0 saturated heterocycles. The Balaban J connectivity index is 2.05. The normalized spacial score (nSPS) is 10.6. The first-order chi connectivity index (χ1) is 10.5. The summed E-state index contributed by atoms with van der Waals surface area (Å²) in [6.45, 7) is 3.71. The van der Waals surface area contributed by atoms with Crippen LogP contribution in [0.15, 0.2) is 48.5 Å². The van der Waals surface area contributed by atoms with E-state index in [0.717, 1.165) is 11.1 Å². The molecule has 0 aliphatic carbocycles. The summed E-state index contributed by atoms with van der Waals surface area (Å²) in [5.74, 6) is -0.280. The largest absolute Gasteiger partial charge is 0.322 e. The summed E-state index contributed by atoms with van der Waals surface area (Å²) >= 11 is 0. The minimum atomic E-state index is -0.462. The van der Waals surface area contributed by atoms with Gasteiger partial charge in [0, 0.05) is 23.9 Å². The second-order valence-electron chi connectivity index (χ2n) is 4.99. The lowest BCUT2D eigenvalue weighted by atomic mass is 10.1. The highest BCUT2D eigenvalue weighted by Gasteiger charge is 2.08. The van der Waals surface area contributed by atoms with E-state index in [4.69, 9.17) is 0 Å². The fourth-order valence-corrected chi connectivity index (χ4v) is 1.93. The van der Waals surface area contributed by atoms with Crippen molar-refractivity contribution in [1.29, 1.82) is 0 Å². The molecule has 22 heavy (non-hydrogen) atoms. The highest BCUT2D eigenvalue weighted by Crippen LogP contribution is 2.21. The van der Waals surface area contributed by atoms with E-state index in [0.29, 0.717) is 11.3 Å². The summed E-state index contributed by atoms with van der Waals surface area (Å²) in [5.41, 5.74) is 3.30. The smallest absolute Gasteiger partial charge is 0.269 e. The summed E-state index contributed by atoms with van der Waals surface area (Å²) in [6.07, 6.45) is 3.15. The van der Waals surface area contributed by atoms with Crippen LogP contribution < -0.4 is 5.32 Å². The van der Waals surface area contributed by atoms with Crippen molar-refractivity contribution in [3.8, 4) is 0 Å². The van der Waals surface area contributed by atoms with Crippen LogP contribution in [0.4, 0.5) is 11.4 Å². The van der Waals surface area contributed by atoms with Gasteiger partial charge in [0.05, 0.1) is 4.92 Å². The van der Waals surface area contributed by atoms with E-state index in [-0.39, 0.29) is 11.6 Å². The van der Waals surface area contributed by atoms with Gasteiger partial charge in [-0.05, 0) is 37.1 Å². The molecule has 5 heteroatoms. The molecule has 0 atom stereocenters. The number of nitrogens with one attached hydrogen (secondary N) is 1. The van der Waals surface area contributed by atoms with Crippen LogP contribution >= 0.6 is 0 Å². The van der Waals surface area contributed by atoms with Crippen LogP contribution in [0.25, 0.3) is 6.08 Å². The molecule has 2 aromatic rings. The van der Waals surface area contributed by atoms with Crippen LogP contribution in [-0.4, -0.2) is 10.8 Å². The van der Waals surface area contributed by atoms with Gasteiger partial charge in [-0.25, -0.2) is 0 Å². The topological polar surface area (TPSA) is 72.2 Å². The monoisotopic (exact) mass is 296 g/mol. The van der Waals surface area contributed by atoms with Crippen LogP contribution in [0.5, 0.6) is 0 Å². The van der Waals surface area contributed by atoms with Gasteiger partial charge in [0.25, 0.3) is 5.69 Å². The first kappa shape index (κ1) is 15.4. The number of aryl methyl sites for hydroxylation is 2. The number of nitrogens with zero attached hydrogens (tertiary/aromatic N) is 1. The van der Waals surface area contributed by atoms with Crippen molar-refractivity contribution >= 4 is 23.4 Å². The third-order valence-corrected chi connectivity index (χ3v) is 3.18. The zero-order valence-electron chi connectivity index (χ0n) is 12.4. The van der Waals surface area contributed by atoms with Gasteiger partial charge < -0.3 is 5.32 Å². The maximum atomic E-state index is 11.9. The number of hydrogen-bond acceptors (Lipinski definition) is 3. The molecule has 5 nitrogen and oxygen atoms in total. The molecule has 2 rings (SSSR count). The van der Waals surface area contributed by atoms with Crippen molar-refractivity contribution < 1.29 is 9.72 Å². The Morgan fingerprint density at radius 3 is 2.41 bits per heavy atom. The lowest BCUT2D eigenvalue weighted by Gasteiger charge is -2.05. The second kappa shape index (κ2) is 6.67. The number of hydrogen-bond donors (Lipinski definition) is 1. The van der Waals surface area contributed by atoms with Crippen LogP contribution in [0.1, 0.15) is 16.7 Å². The molecular weight excluding hydrogens is 280 g/mol. The number of rotatable bonds is 4. The zero-order chi connectivity index (χ0) is 16.1. The Morgan fingerprint density at radius 1 is 1.14 bits per heavy atom. The maximum absolute atomic E-state index is 11.9. The van der Waals surface area contributed by atoms with Gasteiger partial charge in [0.2, 0.25) is 5.91 Å². The summed E-state index contributed by atoms with van der Waals surface area (Å²) < 4.78 is 0. The average Bonchev–Trinajstić information content (AvgIpc) is 2.48. The third kappa shape index (κ3) is 4.02. The fourth-order valence-electron chi connectivity index (χ4n) is 1.93. The fraction of sp³-hybridized carbons (Fsp3) is 0.118. The number of carbonyl (C=O) groups is 1. The molecule has 0 spiro atoms. The van der Waals surface area contributed by atoms with E-state index in [1.165, 1.54) is 24.3 Å². The van der Waals surface area contributed by atoms with E-state index < -0.39 is 4.92 Å². The van der Waals surface area contributed by atoms with Crippen molar-refractivity contribution in [3.63, 3.8) is 0 Å². The molecule has 2 aromatic carbocycles. The Morgan fingerprint density at radius 2 is 1.82 bits per heavy atom. The molecule has 112 valence electrons. The standard InChI is InChI=1S/C17H16N2O3/c1-12-3-5-14(6-4-12)7-10-17(20)18-16-9-8-15(19(21)22)11-13(16)2/h3-11H,1-2H3,(H,18,20)/b10-7+. The predicted molar refractivity (Wildman–Crippen MR) is 86.7 cm³/mol. The summed E-state index contributed by atoms with van der Waals surface area (Å²) in [5, 5.41) is 13.4. The van der Waals surface area contributed by atoms with Crippen molar-refractivity contribution in [2.75, 3.05) is 5.32 Å². The number of anilines is 1. The lowest BCUT2D eigenvalue weighted by molar-refractivity contribution is -0.384. The van der Waals surface area contributed by atoms with Gasteiger partial charge in [-0.2, -0.15) is 0 Å². The van der Waals surface area contributed by atoms with Crippen molar-refractivity contribution in [3.05, 3.63) is 75.3 Å². The number of benzene rings is 2. The van der Waals surface area contributed by atoms with Gasteiger partial charge in [-0.3, -0.25) is 14.9 Å². The molecular formula is C17H16N2O3. The molecule has 0 bridgehead atoms. The van der Waals surface area contributed by atoms with Crippen molar-refractivity contribution in [2.24, 2.45) is 0 Å². The Hall–Kier alpha value is -2.95. The van der Waals surface area contributed by atoms with Gasteiger partial charge in [-0.1, -0.05) is 29.8 Å². The number of amides is 1. The highest BCUT2D eigenvalue weighted by atomic mass is 16.6. The van der Waals surface area contributed by atoms with E-state index in [1.54, 1.807) is 13.0 Å². The lowest BCUT2D eigenvalue weighted by Crippen LogP contribution is -2.09. The molecule has 1 N–H and O–H groups in total. The second-order valence-corrected chi connectivity index (χ2v) is 4.99. The number of nitro benzene ring substituents is 1. The Kier molecular flexibility index (Phi) is 4.68. The first-order valence-electron chi connectivity index (χ1n) is 6.76. The summed E-state index contributed by atoms with van der Waals surface area (Å²) in [6, 6.07) is 12.1. The van der Waals surface area contributed by atoms with Crippen LogP contribution in [0.2, 0.25) is 0 Å². The minimum absolute atomic E-state index is 0.00527. The molecule has 1 amide bonds. The van der Waals surface area contributed by atoms with Gasteiger partial charge >= 0.3 is 0 Å². The van der Waals surface area contributed by atoms with Gasteiger partial charge in [0.15, 0.2) is 0 Å². The summed E-state index contributed by atoms with van der Waals surface area (Å²) in [7, 11) is 0. The Bertz CT molecular complexity index is 734. The molecule has 0 radical (unpaired) electrons. The number of carbonyl (C=O) groups excluding carboxylic acids is 1. The minimum Gasteiger partial charge on any atom is -0.322 e. The van der Waals surface area contributed by atoms with Crippen LogP contribution in [0.3, 0.4) is 0 Å². The molecule has 0 fully saturated rings. The number of nitro groups is 1. The van der Waals surface area contributed by atoms with Gasteiger partial charge in [0.1, 0.15) is 0 Å². The van der Waals surface area contributed by atoms with Crippen LogP contribution in [-0.2, 0) is 4.79 Å². The maximum Gasteiger partial charge on any atom is 0.269 e. The zero-order valence-corrected chi connectivity index (χ0v) is 12.4. The predicted octanol–water partition coefficient (Wildman–Crippen LogP) is 3.86. The Labute approximate surface area is 128 Å². The highest BCUT2D eigenvalue weighted by molar-refractivity contribution is 6.02. The van der Waals surface area contributed by atoms with Crippen LogP contribution in [0, 0.1) is 24.0 Å². The first-order valence-corrected chi connectivity index (χ1v) is 6.76. The van der Waals surface area contributed by atoms with E-state index >= 15 is 0 Å². The average molecular weight is 296 g/mol. The molecule has 0 saturated carbocycles. The quantitative estimate of drug-likeness (QED) is 0.529. The van der Waals surface area contributed by atoms with E-state index in [1.807, 2.05) is 31.2 Å². The van der Waals surface area contributed by atoms with Crippen molar-refractivity contribution in [1.82, 2.24) is 0 Å². The molecule has 0 aliphatic heterocycles. The molecule has 0 aromatic heterocycles. The SMILES string of the molecule is Cc1ccc(/C=C/C(=O)Nc2ccc([N+](=O)[O-])cc2C)cc1. The molecule has 0 unspecified atom stereocenters. The van der Waals surface area contributed by atoms with Crippen molar-refractivity contribution in [2.45, 2.75) is 13.8 Å². The third-order valence-electron chi connectivity index (χ3n) is 3.18. The molecule has 0 aliphatic rings. The van der Waals surface area contributed by atoms with E-state index in [2.05, 4.69) is 5.32 Å². The number of non-ortho nitro benzene ring substituents is 1.